The predicted octanol–water partition coefficient (Wildman–Crippen LogP) is 9.15. The number of allylic oxidation sites excluding steroid dienone is 14. The van der Waals surface area contributed by atoms with Crippen LogP contribution in [0.4, 0.5) is 0 Å². The van der Waals surface area contributed by atoms with Crippen molar-refractivity contribution in [3.8, 4) is 0 Å². The van der Waals surface area contributed by atoms with Gasteiger partial charge in [-0.05, 0) is 128 Å². The van der Waals surface area contributed by atoms with E-state index >= 15 is 0 Å². The van der Waals surface area contributed by atoms with E-state index in [4.69, 9.17) is 0 Å². The molecule has 0 aliphatic heterocycles. The van der Waals surface area contributed by atoms with Crippen LogP contribution in [0.1, 0.15) is 82.8 Å². The topological polar surface area (TPSA) is 0 Å². The molecule has 0 saturated carbocycles. The summed E-state index contributed by atoms with van der Waals surface area (Å²) in [5.41, 5.74) is 12.7. The molecule has 0 nitrogen and oxygen atoms in total. The molecular weight excluding hydrogens is 480 g/mol. The molecule has 40 heavy (non-hydrogen) atoms. The van der Waals surface area contributed by atoms with Gasteiger partial charge in [0.25, 0.3) is 0 Å². The predicted molar refractivity (Wildman–Crippen MR) is 171 cm³/mol. The average Bonchev–Trinajstić information content (AvgIpc) is 2.98. The van der Waals surface area contributed by atoms with Gasteiger partial charge in [0.2, 0.25) is 0 Å². The van der Waals surface area contributed by atoms with E-state index in [-0.39, 0.29) is 0 Å². The Hall–Kier alpha value is -3.38. The minimum absolute atomic E-state index is 0.318. The highest BCUT2D eigenvalue weighted by Crippen LogP contribution is 2.44. The van der Waals surface area contributed by atoms with Gasteiger partial charge in [0.1, 0.15) is 0 Å². The molecule has 0 spiro atoms. The summed E-state index contributed by atoms with van der Waals surface area (Å²) in [4.78, 5) is 0. The fourth-order valence-electron chi connectivity index (χ4n) is 8.28. The lowest BCUT2D eigenvalue weighted by Gasteiger charge is -2.37. The quantitative estimate of drug-likeness (QED) is 0.370. The smallest absolute Gasteiger partial charge is 0.00615 e. The van der Waals surface area contributed by atoms with Crippen LogP contribution in [0, 0.1) is 17.3 Å². The van der Waals surface area contributed by atoms with Crippen molar-refractivity contribution < 1.29 is 0 Å². The van der Waals surface area contributed by atoms with Crippen LogP contribution in [0.2, 0.25) is 0 Å². The van der Waals surface area contributed by atoms with Crippen LogP contribution < -0.4 is 10.4 Å². The first-order valence-electron chi connectivity index (χ1n) is 15.6. The van der Waals surface area contributed by atoms with Crippen LogP contribution in [0.15, 0.2) is 101 Å². The molecule has 6 aliphatic carbocycles. The first-order chi connectivity index (χ1) is 19.4. The number of benzene rings is 2. The zero-order valence-corrected chi connectivity index (χ0v) is 24.3. The van der Waals surface area contributed by atoms with Crippen molar-refractivity contribution in [1.29, 1.82) is 0 Å². The summed E-state index contributed by atoms with van der Waals surface area (Å²) in [6.07, 6.45) is 32.3. The van der Waals surface area contributed by atoms with Gasteiger partial charge < -0.3 is 0 Å². The Morgan fingerprint density at radius 2 is 1.60 bits per heavy atom. The minimum Gasteiger partial charge on any atom is -0.0767 e. The van der Waals surface area contributed by atoms with Crippen LogP contribution in [0.3, 0.4) is 0 Å². The number of fused-ring (bicyclic) bond motifs is 1. The molecule has 0 heterocycles. The molecule has 8 rings (SSSR count). The van der Waals surface area contributed by atoms with Crippen LogP contribution in [0.25, 0.3) is 28.5 Å². The van der Waals surface area contributed by atoms with Crippen molar-refractivity contribution in [2.75, 3.05) is 0 Å². The lowest BCUT2D eigenvalue weighted by molar-refractivity contribution is 0.274. The molecule has 0 fully saturated rings. The highest BCUT2D eigenvalue weighted by atomic mass is 14.4. The van der Waals surface area contributed by atoms with E-state index < -0.39 is 0 Å². The van der Waals surface area contributed by atoms with Crippen LogP contribution in [-0.2, 0) is 0 Å². The van der Waals surface area contributed by atoms with E-state index in [0.717, 1.165) is 12.8 Å². The van der Waals surface area contributed by atoms with Gasteiger partial charge in [0.05, 0.1) is 0 Å². The van der Waals surface area contributed by atoms with Gasteiger partial charge in [0.15, 0.2) is 0 Å². The Labute approximate surface area is 239 Å². The van der Waals surface area contributed by atoms with Gasteiger partial charge in [0, 0.05) is 5.92 Å². The Morgan fingerprint density at radius 1 is 0.800 bits per heavy atom. The average molecular weight is 521 g/mol. The zero-order valence-electron chi connectivity index (χ0n) is 24.3. The molecule has 3 atom stereocenters. The molecule has 6 aliphatic rings. The molecule has 0 radical (unpaired) electrons. The van der Waals surface area contributed by atoms with Crippen molar-refractivity contribution in [2.45, 2.75) is 71.6 Å². The van der Waals surface area contributed by atoms with E-state index in [9.17, 15) is 0 Å². The fraction of sp³-hybridized carbons (Fsp3) is 0.350. The van der Waals surface area contributed by atoms with E-state index in [2.05, 4.69) is 106 Å². The van der Waals surface area contributed by atoms with Crippen LogP contribution in [-0.4, -0.2) is 0 Å². The lowest BCUT2D eigenvalue weighted by Crippen LogP contribution is -2.33. The Morgan fingerprint density at radius 3 is 2.45 bits per heavy atom. The van der Waals surface area contributed by atoms with Gasteiger partial charge in [-0.1, -0.05) is 106 Å². The third kappa shape index (κ3) is 3.94. The molecule has 0 heteroatoms. The molecule has 2 aromatic carbocycles. The minimum atomic E-state index is 0.318. The molecule has 3 unspecified atom stereocenters. The largest absolute Gasteiger partial charge is 0.0767 e. The van der Waals surface area contributed by atoms with Gasteiger partial charge in [-0.25, -0.2) is 0 Å². The van der Waals surface area contributed by atoms with Crippen LogP contribution in [0.5, 0.6) is 0 Å². The SMILES string of the molecule is CC(C)(C)C1C=c2ccc3ccc(C4=CC5=C(C=C(C6=CC=C7C=CC=CC7C6)CC5)CC4)c4c3c2C(CC=4)C1. The van der Waals surface area contributed by atoms with Crippen molar-refractivity contribution in [2.24, 2.45) is 17.3 Å². The monoisotopic (exact) mass is 520 g/mol. The molecule has 0 aromatic heterocycles. The summed E-state index contributed by atoms with van der Waals surface area (Å²) in [5.74, 6) is 1.87. The Bertz CT molecular complexity index is 1800. The molecule has 0 amide bonds. The summed E-state index contributed by atoms with van der Waals surface area (Å²) in [7, 11) is 0. The molecule has 0 N–H and O–H groups in total. The second-order valence-corrected chi connectivity index (χ2v) is 14.0. The van der Waals surface area contributed by atoms with Gasteiger partial charge >= 0.3 is 0 Å². The second kappa shape index (κ2) is 9.07. The molecule has 200 valence electrons. The second-order valence-electron chi connectivity index (χ2n) is 14.0. The number of hydrogen-bond donors (Lipinski definition) is 0. The summed E-state index contributed by atoms with van der Waals surface area (Å²) in [6.45, 7) is 7.22. The van der Waals surface area contributed by atoms with Crippen LogP contribution >= 0.6 is 0 Å². The van der Waals surface area contributed by atoms with Gasteiger partial charge in [-0.2, -0.15) is 0 Å². The Balaban J connectivity index is 1.17. The maximum atomic E-state index is 2.60. The summed E-state index contributed by atoms with van der Waals surface area (Å²) in [6, 6.07) is 9.60. The number of rotatable bonds is 2. The maximum absolute atomic E-state index is 2.60. The summed E-state index contributed by atoms with van der Waals surface area (Å²) < 4.78 is 0. The van der Waals surface area contributed by atoms with Gasteiger partial charge in [-0.3, -0.25) is 0 Å². The lowest BCUT2D eigenvalue weighted by atomic mass is 9.68. The number of hydrogen-bond acceptors (Lipinski definition) is 0. The van der Waals surface area contributed by atoms with Crippen molar-refractivity contribution in [3.05, 3.63) is 122 Å². The highest BCUT2D eigenvalue weighted by molar-refractivity contribution is 5.93. The fourth-order valence-corrected chi connectivity index (χ4v) is 8.28. The first-order valence-corrected chi connectivity index (χ1v) is 15.6. The zero-order chi connectivity index (χ0) is 27.0. The van der Waals surface area contributed by atoms with Crippen molar-refractivity contribution in [1.82, 2.24) is 0 Å². The van der Waals surface area contributed by atoms with E-state index in [1.54, 1.807) is 38.8 Å². The standard InChI is InChI=1S/C40H40/c1-40(2,3)35-23-33-15-9-26-16-18-36(37-19-17-34(24-35)38(33)39(26)37)32-14-13-30-21-29(11-12-31(30)22-32)28-10-8-25-6-4-5-7-27(25)20-28/h4-10,15-16,18-19,21-23,27,34-35H,11-14,17,20,24H2,1-3H3. The van der Waals surface area contributed by atoms with Gasteiger partial charge in [-0.15, -0.1) is 0 Å². The first kappa shape index (κ1) is 24.4. The van der Waals surface area contributed by atoms with E-state index in [1.165, 1.54) is 59.1 Å². The normalized spacial score (nSPS) is 26.6. The summed E-state index contributed by atoms with van der Waals surface area (Å²) >= 11 is 0. The molecule has 0 saturated heterocycles. The van der Waals surface area contributed by atoms with Crippen molar-refractivity contribution in [3.63, 3.8) is 0 Å². The van der Waals surface area contributed by atoms with Crippen molar-refractivity contribution >= 4 is 28.5 Å². The molecule has 0 bridgehead atoms. The summed E-state index contributed by atoms with van der Waals surface area (Å²) in [5, 5.41) is 5.98. The third-order valence-corrected chi connectivity index (χ3v) is 10.6. The third-order valence-electron chi connectivity index (χ3n) is 10.6. The van der Waals surface area contributed by atoms with E-state index in [0.29, 0.717) is 23.2 Å². The maximum Gasteiger partial charge on any atom is 0.00615 e. The highest BCUT2D eigenvalue weighted by Gasteiger charge is 2.32. The Kier molecular flexibility index (Phi) is 5.54. The van der Waals surface area contributed by atoms with E-state index in [1.807, 2.05) is 0 Å². The molecular formula is C40H40. The molecule has 2 aromatic rings.